The molecule has 0 saturated carbocycles. The highest BCUT2D eigenvalue weighted by atomic mass is 19.1. The molecule has 0 aromatic heterocycles. The van der Waals surface area contributed by atoms with Crippen molar-refractivity contribution < 1.29 is 23.8 Å². The van der Waals surface area contributed by atoms with E-state index < -0.39 is 17.9 Å². The second kappa shape index (κ2) is 8.82. The van der Waals surface area contributed by atoms with Gasteiger partial charge in [-0.3, -0.25) is 4.79 Å². The molecule has 0 aliphatic carbocycles. The Morgan fingerprint density at radius 2 is 1.76 bits per heavy atom. The first kappa shape index (κ1) is 18.4. The largest absolute Gasteiger partial charge is 0.478 e. The van der Waals surface area contributed by atoms with Crippen molar-refractivity contribution in [3.8, 4) is 5.75 Å². The van der Waals surface area contributed by atoms with Gasteiger partial charge in [0, 0.05) is 0 Å². The third-order valence-corrected chi connectivity index (χ3v) is 3.76. The summed E-state index contributed by atoms with van der Waals surface area (Å²) in [7, 11) is 0. The van der Waals surface area contributed by atoms with Gasteiger partial charge in [-0.15, -0.1) is 0 Å². The Bertz CT molecular complexity index is 703. The zero-order valence-corrected chi connectivity index (χ0v) is 13.8. The van der Waals surface area contributed by atoms with Gasteiger partial charge in [-0.25, -0.2) is 9.18 Å². The Kier molecular flexibility index (Phi) is 6.51. The van der Waals surface area contributed by atoms with E-state index in [2.05, 4.69) is 5.32 Å². The number of halogens is 1. The van der Waals surface area contributed by atoms with Gasteiger partial charge in [0.15, 0.2) is 0 Å². The highest BCUT2D eigenvalue weighted by Crippen LogP contribution is 2.19. The standard InChI is InChI=1S/C19H20FNO4/c1-2-16(13-6-4-3-5-7-13)18(22)21-12-17(19(23)24)25-15-10-8-14(20)9-11-15/h3-11,16-17H,2,12H2,1H3,(H,21,22)(H,23,24). The minimum atomic E-state index is -1.26. The highest BCUT2D eigenvalue weighted by molar-refractivity contribution is 5.84. The molecular formula is C19H20FNO4. The van der Waals surface area contributed by atoms with Crippen molar-refractivity contribution >= 4 is 11.9 Å². The molecule has 2 aromatic rings. The molecule has 0 aliphatic heterocycles. The first-order valence-electron chi connectivity index (χ1n) is 7.99. The number of carbonyl (C=O) groups excluding carboxylic acids is 1. The van der Waals surface area contributed by atoms with Crippen molar-refractivity contribution in [1.29, 1.82) is 0 Å². The molecule has 2 N–H and O–H groups in total. The second-order valence-electron chi connectivity index (χ2n) is 5.52. The predicted octanol–water partition coefficient (Wildman–Crippen LogP) is 2.97. The fourth-order valence-corrected chi connectivity index (χ4v) is 2.43. The molecule has 0 radical (unpaired) electrons. The summed E-state index contributed by atoms with van der Waals surface area (Å²) in [6.07, 6.45) is -0.672. The van der Waals surface area contributed by atoms with E-state index in [1.54, 1.807) is 0 Å². The first-order valence-corrected chi connectivity index (χ1v) is 7.99. The lowest BCUT2D eigenvalue weighted by Crippen LogP contribution is -2.42. The summed E-state index contributed by atoms with van der Waals surface area (Å²) in [5, 5.41) is 11.9. The number of rotatable bonds is 8. The van der Waals surface area contributed by atoms with E-state index in [9.17, 15) is 19.1 Å². The molecule has 0 aliphatic rings. The summed E-state index contributed by atoms with van der Waals surface area (Å²) < 4.78 is 18.2. The van der Waals surface area contributed by atoms with E-state index in [0.717, 1.165) is 5.56 Å². The van der Waals surface area contributed by atoms with E-state index in [1.165, 1.54) is 24.3 Å². The van der Waals surface area contributed by atoms with Gasteiger partial charge in [0.1, 0.15) is 11.6 Å². The van der Waals surface area contributed by atoms with Crippen LogP contribution >= 0.6 is 0 Å². The summed E-state index contributed by atoms with van der Waals surface area (Å²) in [5.41, 5.74) is 0.869. The maximum Gasteiger partial charge on any atom is 0.346 e. The van der Waals surface area contributed by atoms with Crippen LogP contribution in [-0.4, -0.2) is 29.6 Å². The number of amides is 1. The molecular weight excluding hydrogens is 325 g/mol. The Morgan fingerprint density at radius 1 is 1.12 bits per heavy atom. The zero-order chi connectivity index (χ0) is 18.2. The molecule has 132 valence electrons. The molecule has 2 atom stereocenters. The molecule has 0 spiro atoms. The summed E-state index contributed by atoms with van der Waals surface area (Å²) in [6.45, 7) is 1.70. The molecule has 2 rings (SSSR count). The van der Waals surface area contributed by atoms with Crippen molar-refractivity contribution in [2.24, 2.45) is 0 Å². The number of nitrogens with one attached hydrogen (secondary N) is 1. The van der Waals surface area contributed by atoms with Gasteiger partial charge in [0.25, 0.3) is 0 Å². The van der Waals surface area contributed by atoms with Crippen LogP contribution in [-0.2, 0) is 9.59 Å². The monoisotopic (exact) mass is 345 g/mol. The Balaban J connectivity index is 1.98. The maximum absolute atomic E-state index is 12.9. The Hall–Kier alpha value is -2.89. The van der Waals surface area contributed by atoms with Crippen LogP contribution in [0.15, 0.2) is 54.6 Å². The quantitative estimate of drug-likeness (QED) is 0.771. The van der Waals surface area contributed by atoms with Crippen molar-refractivity contribution in [1.82, 2.24) is 5.32 Å². The van der Waals surface area contributed by atoms with Crippen molar-refractivity contribution in [2.45, 2.75) is 25.4 Å². The van der Waals surface area contributed by atoms with Gasteiger partial charge in [0.05, 0.1) is 12.5 Å². The number of aliphatic carboxylic acids is 1. The molecule has 0 saturated heterocycles. The van der Waals surface area contributed by atoms with Gasteiger partial charge in [-0.1, -0.05) is 37.3 Å². The molecule has 25 heavy (non-hydrogen) atoms. The molecule has 0 bridgehead atoms. The van der Waals surface area contributed by atoms with Crippen LogP contribution in [0.2, 0.25) is 0 Å². The number of hydrogen-bond acceptors (Lipinski definition) is 3. The van der Waals surface area contributed by atoms with Gasteiger partial charge in [-0.2, -0.15) is 0 Å². The van der Waals surface area contributed by atoms with Crippen molar-refractivity contribution in [3.63, 3.8) is 0 Å². The highest BCUT2D eigenvalue weighted by Gasteiger charge is 2.24. The fraction of sp³-hybridized carbons (Fsp3) is 0.263. The Morgan fingerprint density at radius 3 is 2.32 bits per heavy atom. The number of carboxylic acid groups (broad SMARTS) is 1. The van der Waals surface area contributed by atoms with Crippen LogP contribution in [0.1, 0.15) is 24.8 Å². The van der Waals surface area contributed by atoms with Gasteiger partial charge < -0.3 is 15.2 Å². The van der Waals surface area contributed by atoms with Crippen LogP contribution in [0, 0.1) is 5.82 Å². The van der Waals surface area contributed by atoms with Gasteiger partial charge in [-0.05, 0) is 36.2 Å². The SMILES string of the molecule is CCC(C(=O)NCC(Oc1ccc(F)cc1)C(=O)O)c1ccccc1. The van der Waals surface area contributed by atoms with Crippen LogP contribution < -0.4 is 10.1 Å². The van der Waals surface area contributed by atoms with E-state index >= 15 is 0 Å². The molecule has 2 unspecified atom stereocenters. The minimum Gasteiger partial charge on any atom is -0.478 e. The normalized spacial score (nSPS) is 12.9. The summed E-state index contributed by atoms with van der Waals surface area (Å²) in [4.78, 5) is 23.7. The van der Waals surface area contributed by atoms with Crippen LogP contribution in [0.3, 0.4) is 0 Å². The lowest BCUT2D eigenvalue weighted by atomic mass is 9.95. The van der Waals surface area contributed by atoms with E-state index in [0.29, 0.717) is 6.42 Å². The van der Waals surface area contributed by atoms with Gasteiger partial charge in [0.2, 0.25) is 12.0 Å². The number of benzene rings is 2. The van der Waals surface area contributed by atoms with Crippen LogP contribution in [0.5, 0.6) is 5.75 Å². The summed E-state index contributed by atoms with van der Waals surface area (Å²) in [5.74, 6) is -2.05. The van der Waals surface area contributed by atoms with Crippen molar-refractivity contribution in [2.75, 3.05) is 6.54 Å². The van der Waals surface area contributed by atoms with Gasteiger partial charge >= 0.3 is 5.97 Å². The lowest BCUT2D eigenvalue weighted by molar-refractivity contribution is -0.145. The van der Waals surface area contributed by atoms with Crippen molar-refractivity contribution in [3.05, 3.63) is 66.0 Å². The summed E-state index contributed by atoms with van der Waals surface area (Å²) >= 11 is 0. The number of ether oxygens (including phenoxy) is 1. The van der Waals surface area contributed by atoms with E-state index in [1.807, 2.05) is 37.3 Å². The molecule has 1 amide bonds. The number of carboxylic acids is 1. The predicted molar refractivity (Wildman–Crippen MR) is 90.9 cm³/mol. The third kappa shape index (κ3) is 5.31. The zero-order valence-electron chi connectivity index (χ0n) is 13.8. The molecule has 2 aromatic carbocycles. The molecule has 0 heterocycles. The minimum absolute atomic E-state index is 0.186. The maximum atomic E-state index is 12.9. The molecule has 5 nitrogen and oxygen atoms in total. The number of hydrogen-bond donors (Lipinski definition) is 2. The average molecular weight is 345 g/mol. The third-order valence-electron chi connectivity index (χ3n) is 3.76. The second-order valence-corrected chi connectivity index (χ2v) is 5.52. The smallest absolute Gasteiger partial charge is 0.346 e. The molecule has 0 fully saturated rings. The first-order chi connectivity index (χ1) is 12.0. The number of carbonyl (C=O) groups is 2. The topological polar surface area (TPSA) is 75.6 Å². The molecule has 6 heteroatoms. The average Bonchev–Trinajstić information content (AvgIpc) is 2.61. The van der Waals surface area contributed by atoms with E-state index in [4.69, 9.17) is 4.74 Å². The Labute approximate surface area is 145 Å². The van der Waals surface area contributed by atoms with E-state index in [-0.39, 0.29) is 24.1 Å². The fourth-order valence-electron chi connectivity index (χ4n) is 2.43. The van der Waals surface area contributed by atoms with Crippen LogP contribution in [0.4, 0.5) is 4.39 Å². The van der Waals surface area contributed by atoms with Crippen LogP contribution in [0.25, 0.3) is 0 Å². The lowest BCUT2D eigenvalue weighted by Gasteiger charge is -2.19. The summed E-state index contributed by atoms with van der Waals surface area (Å²) in [6, 6.07) is 14.3.